The second-order valence-corrected chi connectivity index (χ2v) is 8.62. The molecule has 2 aromatic carbocycles. The SMILES string of the molecule is C=C(Nc1ccccc1C(=N)N(C)C)NC1CCC(NCc2ccccc2C(F)(F)F)CC1. The summed E-state index contributed by atoms with van der Waals surface area (Å²) in [6.45, 7) is 4.30. The quantitative estimate of drug-likeness (QED) is 0.325. The van der Waals surface area contributed by atoms with E-state index in [4.69, 9.17) is 5.41 Å². The van der Waals surface area contributed by atoms with Crippen LogP contribution in [0.3, 0.4) is 0 Å². The van der Waals surface area contributed by atoms with Gasteiger partial charge in [-0.05, 0) is 49.4 Å². The van der Waals surface area contributed by atoms with Crippen molar-refractivity contribution in [1.82, 2.24) is 15.5 Å². The van der Waals surface area contributed by atoms with E-state index in [-0.39, 0.29) is 24.2 Å². The minimum absolute atomic E-state index is 0.187. The van der Waals surface area contributed by atoms with Gasteiger partial charge in [-0.2, -0.15) is 13.2 Å². The first-order chi connectivity index (χ1) is 15.6. The van der Waals surface area contributed by atoms with Gasteiger partial charge in [0.2, 0.25) is 0 Å². The number of para-hydroxylation sites is 1. The number of alkyl halides is 3. The largest absolute Gasteiger partial charge is 0.416 e. The van der Waals surface area contributed by atoms with Crippen LogP contribution in [-0.2, 0) is 12.7 Å². The molecule has 1 aliphatic rings. The molecule has 1 saturated carbocycles. The molecule has 0 saturated heterocycles. The zero-order valence-electron chi connectivity index (χ0n) is 19.1. The number of nitrogens with zero attached hydrogens (tertiary/aromatic N) is 1. The molecular formula is C25H32F3N5. The highest BCUT2D eigenvalue weighted by Gasteiger charge is 2.33. The van der Waals surface area contributed by atoms with E-state index in [1.165, 1.54) is 12.1 Å². The Labute approximate surface area is 193 Å². The minimum Gasteiger partial charge on any atom is -0.369 e. The molecule has 1 fully saturated rings. The fourth-order valence-electron chi connectivity index (χ4n) is 4.13. The third-order valence-corrected chi connectivity index (χ3v) is 5.92. The monoisotopic (exact) mass is 459 g/mol. The fraction of sp³-hybridized carbons (Fsp3) is 0.400. The summed E-state index contributed by atoms with van der Waals surface area (Å²) in [4.78, 5) is 1.75. The normalized spacial score (nSPS) is 18.5. The molecule has 3 rings (SSSR count). The summed E-state index contributed by atoms with van der Waals surface area (Å²) in [6.07, 6.45) is -0.790. The summed E-state index contributed by atoms with van der Waals surface area (Å²) in [7, 11) is 3.67. The number of hydrogen-bond donors (Lipinski definition) is 4. The van der Waals surface area contributed by atoms with Crippen LogP contribution in [0.2, 0.25) is 0 Å². The predicted molar refractivity (Wildman–Crippen MR) is 127 cm³/mol. The molecule has 8 heteroatoms. The molecule has 0 spiro atoms. The fourth-order valence-corrected chi connectivity index (χ4v) is 4.13. The smallest absolute Gasteiger partial charge is 0.369 e. The topological polar surface area (TPSA) is 63.2 Å². The molecule has 0 heterocycles. The third-order valence-electron chi connectivity index (χ3n) is 5.92. The first-order valence-corrected chi connectivity index (χ1v) is 11.1. The molecule has 178 valence electrons. The van der Waals surface area contributed by atoms with E-state index in [1.54, 1.807) is 11.0 Å². The molecule has 1 aliphatic carbocycles. The Kier molecular flexibility index (Phi) is 8.02. The summed E-state index contributed by atoms with van der Waals surface area (Å²) in [5, 5.41) is 18.3. The first-order valence-electron chi connectivity index (χ1n) is 11.1. The summed E-state index contributed by atoms with van der Waals surface area (Å²) in [5.74, 6) is 1.08. The van der Waals surface area contributed by atoms with Crippen molar-refractivity contribution in [2.24, 2.45) is 0 Å². The van der Waals surface area contributed by atoms with Crippen LogP contribution in [0.1, 0.15) is 42.4 Å². The lowest BCUT2D eigenvalue weighted by molar-refractivity contribution is -0.138. The molecule has 0 atom stereocenters. The van der Waals surface area contributed by atoms with Crippen molar-refractivity contribution < 1.29 is 13.2 Å². The van der Waals surface area contributed by atoms with Crippen molar-refractivity contribution in [2.75, 3.05) is 19.4 Å². The maximum Gasteiger partial charge on any atom is 0.416 e. The lowest BCUT2D eigenvalue weighted by Gasteiger charge is -2.31. The Bertz CT molecular complexity index is 963. The van der Waals surface area contributed by atoms with Crippen LogP contribution in [-0.4, -0.2) is 36.9 Å². The predicted octanol–water partition coefficient (Wildman–Crippen LogP) is 5.17. The van der Waals surface area contributed by atoms with Gasteiger partial charge in [0.1, 0.15) is 5.84 Å². The Hall–Kier alpha value is -3.00. The van der Waals surface area contributed by atoms with Gasteiger partial charge < -0.3 is 20.9 Å². The van der Waals surface area contributed by atoms with Crippen LogP contribution in [0, 0.1) is 5.41 Å². The highest BCUT2D eigenvalue weighted by molar-refractivity contribution is 6.01. The number of amidine groups is 1. The Morgan fingerprint density at radius 2 is 1.61 bits per heavy atom. The molecule has 4 N–H and O–H groups in total. The molecule has 0 aliphatic heterocycles. The van der Waals surface area contributed by atoms with Gasteiger partial charge in [0.25, 0.3) is 0 Å². The van der Waals surface area contributed by atoms with Crippen molar-refractivity contribution in [1.29, 1.82) is 5.41 Å². The molecule has 2 aromatic rings. The standard InChI is InChI=1S/C25H32F3N5/c1-17(32-23-11-7-5-9-21(23)24(29)33(2)3)31-20-14-12-19(13-15-20)30-16-18-8-4-6-10-22(18)25(26,27)28/h4-11,19-20,29-32H,1,12-16H2,2-3H3. The summed E-state index contributed by atoms with van der Waals surface area (Å²) < 4.78 is 39.6. The lowest BCUT2D eigenvalue weighted by atomic mass is 9.91. The van der Waals surface area contributed by atoms with Crippen LogP contribution < -0.4 is 16.0 Å². The Morgan fingerprint density at radius 1 is 1.00 bits per heavy atom. The zero-order valence-corrected chi connectivity index (χ0v) is 19.1. The Morgan fingerprint density at radius 3 is 2.27 bits per heavy atom. The van der Waals surface area contributed by atoms with Gasteiger partial charge in [0, 0.05) is 38.3 Å². The number of anilines is 1. The Balaban J connectivity index is 1.48. The molecule has 0 unspecified atom stereocenters. The van der Waals surface area contributed by atoms with Crippen LogP contribution in [0.25, 0.3) is 0 Å². The van der Waals surface area contributed by atoms with Crippen LogP contribution in [0.15, 0.2) is 60.9 Å². The number of benzene rings is 2. The van der Waals surface area contributed by atoms with Gasteiger partial charge >= 0.3 is 6.18 Å². The van der Waals surface area contributed by atoms with E-state index >= 15 is 0 Å². The van der Waals surface area contributed by atoms with E-state index < -0.39 is 11.7 Å². The van der Waals surface area contributed by atoms with E-state index in [9.17, 15) is 13.2 Å². The summed E-state index contributed by atoms with van der Waals surface area (Å²) in [6, 6.07) is 13.8. The lowest BCUT2D eigenvalue weighted by Crippen LogP contribution is -2.40. The van der Waals surface area contributed by atoms with Gasteiger partial charge in [-0.1, -0.05) is 36.9 Å². The second kappa shape index (κ2) is 10.7. The molecular weight excluding hydrogens is 427 g/mol. The van der Waals surface area contributed by atoms with Gasteiger partial charge in [-0.3, -0.25) is 5.41 Å². The van der Waals surface area contributed by atoms with Crippen LogP contribution in [0.4, 0.5) is 18.9 Å². The zero-order chi connectivity index (χ0) is 24.0. The average molecular weight is 460 g/mol. The third kappa shape index (κ3) is 6.74. The maximum absolute atomic E-state index is 13.2. The van der Waals surface area contributed by atoms with E-state index in [1.807, 2.05) is 38.4 Å². The second-order valence-electron chi connectivity index (χ2n) is 8.62. The molecule has 0 aromatic heterocycles. The van der Waals surface area contributed by atoms with Crippen LogP contribution in [0.5, 0.6) is 0 Å². The van der Waals surface area contributed by atoms with E-state index in [0.717, 1.165) is 43.0 Å². The van der Waals surface area contributed by atoms with Crippen molar-refractivity contribution in [3.05, 3.63) is 77.6 Å². The summed E-state index contributed by atoms with van der Waals surface area (Å²) in [5.41, 5.74) is 1.31. The van der Waals surface area contributed by atoms with Crippen molar-refractivity contribution in [3.63, 3.8) is 0 Å². The number of rotatable bonds is 8. The molecule has 0 radical (unpaired) electrons. The first kappa shape index (κ1) is 24.6. The van der Waals surface area contributed by atoms with Crippen molar-refractivity contribution in [2.45, 2.75) is 50.5 Å². The molecule has 0 amide bonds. The average Bonchev–Trinajstić information content (AvgIpc) is 2.78. The number of nitrogens with one attached hydrogen (secondary N) is 4. The minimum atomic E-state index is -4.34. The van der Waals surface area contributed by atoms with Crippen LogP contribution >= 0.6 is 0 Å². The highest BCUT2D eigenvalue weighted by Crippen LogP contribution is 2.32. The van der Waals surface area contributed by atoms with Gasteiger partial charge in [0.15, 0.2) is 0 Å². The van der Waals surface area contributed by atoms with Crippen molar-refractivity contribution >= 4 is 11.5 Å². The highest BCUT2D eigenvalue weighted by atomic mass is 19.4. The summed E-state index contributed by atoms with van der Waals surface area (Å²) >= 11 is 0. The maximum atomic E-state index is 13.2. The van der Waals surface area contributed by atoms with Gasteiger partial charge in [-0.15, -0.1) is 0 Å². The van der Waals surface area contributed by atoms with Crippen molar-refractivity contribution in [3.8, 4) is 0 Å². The van der Waals surface area contributed by atoms with Gasteiger partial charge in [0.05, 0.1) is 17.1 Å². The molecule has 5 nitrogen and oxygen atoms in total. The molecule has 33 heavy (non-hydrogen) atoms. The van der Waals surface area contributed by atoms with Gasteiger partial charge in [-0.25, -0.2) is 0 Å². The van der Waals surface area contributed by atoms with E-state index in [0.29, 0.717) is 11.7 Å². The molecule has 0 bridgehead atoms. The number of hydrogen-bond acceptors (Lipinski definition) is 4. The number of halogens is 3. The van der Waals surface area contributed by atoms with E-state index in [2.05, 4.69) is 22.5 Å².